The molecule has 1 amide bonds. The molecule has 130 valence electrons. The van der Waals surface area contributed by atoms with Crippen LogP contribution < -0.4 is 5.32 Å². The first-order chi connectivity index (χ1) is 11.8. The maximum atomic E-state index is 12.1. The Morgan fingerprint density at radius 2 is 1.96 bits per heavy atom. The van der Waals surface area contributed by atoms with Crippen LogP contribution in [-0.2, 0) is 9.53 Å². The van der Waals surface area contributed by atoms with E-state index in [1.165, 1.54) is 19.9 Å². The second-order valence-electron chi connectivity index (χ2n) is 5.07. The van der Waals surface area contributed by atoms with Crippen LogP contribution in [0.1, 0.15) is 34.8 Å². The van der Waals surface area contributed by atoms with Gasteiger partial charge in [-0.3, -0.25) is 19.7 Å². The fourth-order valence-corrected chi connectivity index (χ4v) is 1.87. The zero-order valence-electron chi connectivity index (χ0n) is 13.3. The first kappa shape index (κ1) is 17.9. The molecule has 1 aromatic carbocycles. The number of nitrogens with zero attached hydrogens (tertiary/aromatic N) is 1. The fraction of sp³-hybridized carbons (Fsp3) is 0.188. The van der Waals surface area contributed by atoms with Crippen LogP contribution in [-0.4, -0.2) is 28.7 Å². The number of nitro groups is 1. The van der Waals surface area contributed by atoms with Gasteiger partial charge in [0, 0.05) is 11.3 Å². The molecule has 25 heavy (non-hydrogen) atoms. The summed E-state index contributed by atoms with van der Waals surface area (Å²) in [4.78, 5) is 44.9. The summed E-state index contributed by atoms with van der Waals surface area (Å²) in [7, 11) is 0. The van der Waals surface area contributed by atoms with Crippen LogP contribution in [0.4, 0.5) is 11.6 Å². The van der Waals surface area contributed by atoms with Gasteiger partial charge in [0.15, 0.2) is 11.9 Å². The number of ketones is 1. The lowest BCUT2D eigenvalue weighted by atomic mass is 10.1. The van der Waals surface area contributed by atoms with E-state index in [-0.39, 0.29) is 11.5 Å². The van der Waals surface area contributed by atoms with Gasteiger partial charge in [0.25, 0.3) is 5.91 Å². The number of carbonyl (C=O) groups is 3. The number of rotatable bonds is 6. The third kappa shape index (κ3) is 4.50. The number of hydrogen-bond donors (Lipinski definition) is 1. The van der Waals surface area contributed by atoms with Crippen molar-refractivity contribution in [3.05, 3.63) is 57.8 Å². The summed E-state index contributed by atoms with van der Waals surface area (Å²) < 4.78 is 9.61. The molecule has 0 aliphatic rings. The molecular weight excluding hydrogens is 332 g/mol. The zero-order valence-corrected chi connectivity index (χ0v) is 13.3. The number of anilines is 1. The highest BCUT2D eigenvalue weighted by molar-refractivity contribution is 5.99. The van der Waals surface area contributed by atoms with E-state index in [0.29, 0.717) is 11.3 Å². The van der Waals surface area contributed by atoms with Gasteiger partial charge in [-0.25, -0.2) is 4.79 Å². The maximum absolute atomic E-state index is 12.1. The Bertz CT molecular complexity index is 841. The van der Waals surface area contributed by atoms with Gasteiger partial charge in [-0.15, -0.1) is 0 Å². The topological polar surface area (TPSA) is 129 Å². The van der Waals surface area contributed by atoms with Crippen molar-refractivity contribution in [1.29, 1.82) is 0 Å². The molecule has 9 heteroatoms. The molecule has 0 saturated carbocycles. The molecule has 0 spiro atoms. The summed E-state index contributed by atoms with van der Waals surface area (Å²) in [5.74, 6) is -2.78. The van der Waals surface area contributed by atoms with Crippen LogP contribution in [0.2, 0.25) is 0 Å². The number of Topliss-reactive ketones (excluding diaryl/α,β-unsaturated/α-hetero) is 1. The number of benzene rings is 1. The molecule has 0 radical (unpaired) electrons. The molecule has 9 nitrogen and oxygen atoms in total. The van der Waals surface area contributed by atoms with E-state index in [9.17, 15) is 24.5 Å². The number of furan rings is 1. The SMILES string of the molecule is CC(=O)c1cccc(NC(=O)[C@H](C)OC(=O)c2ccc([N+](=O)[O-])o2)c1. The van der Waals surface area contributed by atoms with E-state index in [2.05, 4.69) is 5.32 Å². The van der Waals surface area contributed by atoms with Crippen LogP contribution in [0.15, 0.2) is 40.8 Å². The van der Waals surface area contributed by atoms with Crippen molar-refractivity contribution >= 4 is 29.2 Å². The van der Waals surface area contributed by atoms with Crippen molar-refractivity contribution in [1.82, 2.24) is 0 Å². The second kappa shape index (κ2) is 7.39. The lowest BCUT2D eigenvalue weighted by Crippen LogP contribution is -2.29. The van der Waals surface area contributed by atoms with Crippen LogP contribution in [0.5, 0.6) is 0 Å². The van der Waals surface area contributed by atoms with Crippen molar-refractivity contribution in [3.63, 3.8) is 0 Å². The van der Waals surface area contributed by atoms with E-state index in [1.807, 2.05) is 0 Å². The van der Waals surface area contributed by atoms with Gasteiger partial charge in [0.1, 0.15) is 4.92 Å². The smallest absolute Gasteiger partial charge is 0.433 e. The summed E-state index contributed by atoms with van der Waals surface area (Å²) in [6.45, 7) is 2.73. The number of esters is 1. The highest BCUT2D eigenvalue weighted by atomic mass is 16.7. The molecule has 0 aliphatic carbocycles. The van der Waals surface area contributed by atoms with Gasteiger partial charge in [0.05, 0.1) is 6.07 Å². The average molecular weight is 346 g/mol. The third-order valence-corrected chi connectivity index (χ3v) is 3.16. The van der Waals surface area contributed by atoms with Crippen molar-refractivity contribution in [2.45, 2.75) is 20.0 Å². The Labute approximate surface area is 141 Å². The molecular formula is C16H14N2O7. The highest BCUT2D eigenvalue weighted by Crippen LogP contribution is 2.17. The lowest BCUT2D eigenvalue weighted by molar-refractivity contribution is -0.402. The van der Waals surface area contributed by atoms with Crippen LogP contribution in [0.25, 0.3) is 0 Å². The Morgan fingerprint density at radius 3 is 2.56 bits per heavy atom. The first-order valence-electron chi connectivity index (χ1n) is 7.15. The van der Waals surface area contributed by atoms with E-state index < -0.39 is 28.8 Å². The monoisotopic (exact) mass is 346 g/mol. The van der Waals surface area contributed by atoms with Gasteiger partial charge < -0.3 is 14.5 Å². The van der Waals surface area contributed by atoms with Crippen LogP contribution >= 0.6 is 0 Å². The Kier molecular flexibility index (Phi) is 5.28. The summed E-state index contributed by atoms with van der Waals surface area (Å²) >= 11 is 0. The number of hydrogen-bond acceptors (Lipinski definition) is 7. The number of amides is 1. The molecule has 1 N–H and O–H groups in total. The van der Waals surface area contributed by atoms with Crippen molar-refractivity contribution in [3.8, 4) is 0 Å². The molecule has 2 aromatic rings. The summed E-state index contributed by atoms with van der Waals surface area (Å²) in [6, 6.07) is 8.37. The minimum Gasteiger partial charge on any atom is -0.447 e. The molecule has 1 atom stereocenters. The van der Waals surface area contributed by atoms with E-state index in [0.717, 1.165) is 12.1 Å². The fourth-order valence-electron chi connectivity index (χ4n) is 1.87. The van der Waals surface area contributed by atoms with Gasteiger partial charge in [-0.1, -0.05) is 12.1 Å². The van der Waals surface area contributed by atoms with Crippen molar-refractivity contribution < 1.29 is 28.5 Å². The average Bonchev–Trinajstić information content (AvgIpc) is 3.05. The molecule has 0 saturated heterocycles. The van der Waals surface area contributed by atoms with Gasteiger partial charge in [-0.2, -0.15) is 0 Å². The Hall–Kier alpha value is -3.49. The summed E-state index contributed by atoms with van der Waals surface area (Å²) in [6.07, 6.45) is -1.18. The van der Waals surface area contributed by atoms with Gasteiger partial charge >= 0.3 is 11.9 Å². The minimum absolute atomic E-state index is 0.157. The molecule has 0 aliphatic heterocycles. The molecule has 0 bridgehead atoms. The third-order valence-electron chi connectivity index (χ3n) is 3.16. The molecule has 1 aromatic heterocycles. The normalized spacial score (nSPS) is 11.4. The largest absolute Gasteiger partial charge is 0.447 e. The summed E-state index contributed by atoms with van der Waals surface area (Å²) in [5, 5.41) is 13.0. The van der Waals surface area contributed by atoms with Crippen molar-refractivity contribution in [2.75, 3.05) is 5.32 Å². The lowest BCUT2D eigenvalue weighted by Gasteiger charge is -2.13. The van der Waals surface area contributed by atoms with Gasteiger partial charge in [0.2, 0.25) is 5.76 Å². The molecule has 0 fully saturated rings. The predicted molar refractivity (Wildman–Crippen MR) is 85.3 cm³/mol. The van der Waals surface area contributed by atoms with Gasteiger partial charge in [-0.05, 0) is 32.0 Å². The number of carbonyl (C=O) groups excluding carboxylic acids is 3. The van der Waals surface area contributed by atoms with E-state index in [1.54, 1.807) is 18.2 Å². The standard InChI is InChI=1S/C16H14N2O7/c1-9(19)11-4-3-5-12(8-11)17-15(20)10(2)24-16(21)13-6-7-14(25-13)18(22)23/h3-8,10H,1-2H3,(H,17,20)/t10-/m0/s1. The quantitative estimate of drug-likeness (QED) is 0.368. The van der Waals surface area contributed by atoms with Crippen molar-refractivity contribution in [2.24, 2.45) is 0 Å². The highest BCUT2D eigenvalue weighted by Gasteiger charge is 2.23. The zero-order chi connectivity index (χ0) is 18.6. The van der Waals surface area contributed by atoms with Crippen LogP contribution in [0.3, 0.4) is 0 Å². The Balaban J connectivity index is 1.99. The number of ether oxygens (including phenoxy) is 1. The van der Waals surface area contributed by atoms with Crippen LogP contribution in [0, 0.1) is 10.1 Å². The predicted octanol–water partition coefficient (Wildman–Crippen LogP) is 2.57. The van der Waals surface area contributed by atoms with E-state index in [4.69, 9.17) is 9.15 Å². The minimum atomic E-state index is -1.18. The Morgan fingerprint density at radius 1 is 1.24 bits per heavy atom. The molecule has 2 rings (SSSR count). The first-order valence-corrected chi connectivity index (χ1v) is 7.15. The number of nitrogens with one attached hydrogen (secondary N) is 1. The van der Waals surface area contributed by atoms with E-state index >= 15 is 0 Å². The second-order valence-corrected chi connectivity index (χ2v) is 5.07. The summed E-state index contributed by atoms with van der Waals surface area (Å²) in [5.41, 5.74) is 0.791. The molecule has 1 heterocycles. The maximum Gasteiger partial charge on any atom is 0.433 e. The molecule has 0 unspecified atom stereocenters.